The van der Waals surface area contributed by atoms with Crippen LogP contribution in [0.3, 0.4) is 0 Å². The molecule has 3 heterocycles. The number of hydrogen-bond acceptors (Lipinski definition) is 7. The van der Waals surface area contributed by atoms with Gasteiger partial charge in [-0.05, 0) is 108 Å². The van der Waals surface area contributed by atoms with Gasteiger partial charge in [0.1, 0.15) is 5.56 Å². The van der Waals surface area contributed by atoms with Gasteiger partial charge in [0.2, 0.25) is 11.7 Å². The molecule has 1 aromatic carbocycles. The van der Waals surface area contributed by atoms with Gasteiger partial charge in [-0.2, -0.15) is 0 Å². The molecule has 0 radical (unpaired) electrons. The van der Waals surface area contributed by atoms with Crippen LogP contribution in [0.2, 0.25) is 0 Å². The Bertz CT molecular complexity index is 1740. The van der Waals surface area contributed by atoms with Gasteiger partial charge in [0, 0.05) is 22.5 Å². The lowest BCUT2D eigenvalue weighted by Gasteiger charge is -2.57. The maximum Gasteiger partial charge on any atom is 0.262 e. The minimum Gasteiger partial charge on any atom is -0.494 e. The van der Waals surface area contributed by atoms with Crippen LogP contribution in [-0.2, 0) is 6.54 Å². The third kappa shape index (κ3) is 3.99. The first-order chi connectivity index (χ1) is 17.9. The van der Waals surface area contributed by atoms with Gasteiger partial charge >= 0.3 is 0 Å². The van der Waals surface area contributed by atoms with Gasteiger partial charge in [-0.3, -0.25) is 14.3 Å². The molecule has 188 valence electrons. The van der Waals surface area contributed by atoms with Crippen LogP contribution in [0.15, 0.2) is 61.9 Å². The summed E-state index contributed by atoms with van der Waals surface area (Å²) in [6.07, 6.45) is 9.34. The number of H-pyrrole nitrogens is 2. The van der Waals surface area contributed by atoms with E-state index in [0.717, 1.165) is 33.5 Å². The predicted octanol–water partition coefficient (Wildman–Crippen LogP) is 4.17. The Hall–Kier alpha value is -3.66. The molecule has 4 bridgehead atoms. The molecule has 4 aliphatic carbocycles. The first kappa shape index (κ1) is 22.5. The minimum atomic E-state index is -0.387. The highest BCUT2D eigenvalue weighted by atomic mass is 32.1. The minimum absolute atomic E-state index is 0.0538. The van der Waals surface area contributed by atoms with Crippen molar-refractivity contribution < 1.29 is 5.11 Å². The SMILES string of the molecule is O=c1[nH]c(=S)n(CC23CC4CC(CC(C4)C2)C3)c(O)c1C=c1ccc(=c2ccc(=C3N=NN=N3)cc2)[nH]1. The highest BCUT2D eigenvalue weighted by Crippen LogP contribution is 2.60. The summed E-state index contributed by atoms with van der Waals surface area (Å²) in [5.41, 5.74) is 0.00255. The predicted molar refractivity (Wildman–Crippen MR) is 139 cm³/mol. The van der Waals surface area contributed by atoms with Crippen LogP contribution in [0.5, 0.6) is 5.88 Å². The topological polar surface area (TPSA) is 123 Å². The van der Waals surface area contributed by atoms with Gasteiger partial charge in [-0.1, -0.05) is 24.3 Å². The van der Waals surface area contributed by atoms with Crippen molar-refractivity contribution in [2.45, 2.75) is 45.1 Å². The molecule has 2 aromatic heterocycles. The molecule has 8 rings (SSSR count). The maximum atomic E-state index is 12.8. The zero-order valence-electron chi connectivity index (χ0n) is 20.2. The number of hydrogen-bond donors (Lipinski definition) is 3. The van der Waals surface area contributed by atoms with Crippen molar-refractivity contribution in [1.82, 2.24) is 14.5 Å². The Balaban J connectivity index is 1.26. The van der Waals surface area contributed by atoms with Gasteiger partial charge in [0.25, 0.3) is 5.56 Å². The van der Waals surface area contributed by atoms with E-state index >= 15 is 0 Å². The molecule has 4 fully saturated rings. The largest absolute Gasteiger partial charge is 0.494 e. The molecule has 0 amide bonds. The fraction of sp³-hybridized carbons (Fsp3) is 0.407. The summed E-state index contributed by atoms with van der Waals surface area (Å²) in [5, 5.41) is 29.5. The monoisotopic (exact) mass is 513 g/mol. The molecular weight excluding hydrogens is 486 g/mol. The van der Waals surface area contributed by atoms with Crippen LogP contribution in [0.25, 0.3) is 11.9 Å². The van der Waals surface area contributed by atoms with Crippen molar-refractivity contribution in [3.63, 3.8) is 0 Å². The van der Waals surface area contributed by atoms with Crippen LogP contribution in [-0.4, -0.2) is 19.6 Å². The number of aromatic hydroxyl groups is 1. The zero-order chi connectivity index (χ0) is 25.1. The highest BCUT2D eigenvalue weighted by Gasteiger charge is 2.51. The first-order valence-corrected chi connectivity index (χ1v) is 13.2. The second kappa shape index (κ2) is 8.44. The lowest BCUT2D eigenvalue weighted by Crippen LogP contribution is -2.48. The number of aromatic amines is 2. The van der Waals surface area contributed by atoms with E-state index in [4.69, 9.17) is 12.2 Å². The van der Waals surface area contributed by atoms with Gasteiger partial charge in [0.05, 0.1) is 0 Å². The second-order valence-electron chi connectivity index (χ2n) is 11.3. The van der Waals surface area contributed by atoms with E-state index in [0.29, 0.717) is 22.5 Å². The molecule has 3 aromatic rings. The summed E-state index contributed by atoms with van der Waals surface area (Å²) >= 11 is 5.52. The van der Waals surface area contributed by atoms with Crippen molar-refractivity contribution in [3.05, 3.63) is 78.2 Å². The van der Waals surface area contributed by atoms with Crippen LogP contribution < -0.4 is 16.1 Å². The second-order valence-corrected chi connectivity index (χ2v) is 11.6. The Labute approximate surface area is 216 Å². The Morgan fingerprint density at radius 2 is 1.57 bits per heavy atom. The number of nitrogens with zero attached hydrogens (tertiary/aromatic N) is 5. The number of rotatable bonds is 3. The molecule has 0 spiro atoms. The van der Waals surface area contributed by atoms with Gasteiger partial charge < -0.3 is 10.1 Å². The van der Waals surface area contributed by atoms with Crippen LogP contribution in [0.4, 0.5) is 0 Å². The lowest BCUT2D eigenvalue weighted by atomic mass is 9.49. The summed E-state index contributed by atoms with van der Waals surface area (Å²) < 4.78 is 2.05. The van der Waals surface area contributed by atoms with Crippen molar-refractivity contribution in [2.75, 3.05) is 0 Å². The Kier molecular flexibility index (Phi) is 5.14. The molecule has 10 heteroatoms. The molecular formula is C27H27N7O2S. The van der Waals surface area contributed by atoms with E-state index in [9.17, 15) is 9.90 Å². The average molecular weight is 514 g/mol. The molecule has 4 saturated carbocycles. The smallest absolute Gasteiger partial charge is 0.262 e. The maximum absolute atomic E-state index is 12.8. The third-order valence-electron chi connectivity index (χ3n) is 8.65. The van der Waals surface area contributed by atoms with Crippen molar-refractivity contribution in [1.29, 1.82) is 0 Å². The van der Waals surface area contributed by atoms with E-state index in [-0.39, 0.29) is 22.4 Å². The lowest BCUT2D eigenvalue weighted by molar-refractivity contribution is -0.0631. The van der Waals surface area contributed by atoms with Crippen LogP contribution in [0.1, 0.15) is 44.1 Å². The van der Waals surface area contributed by atoms with Gasteiger partial charge in [0.15, 0.2) is 4.77 Å². The van der Waals surface area contributed by atoms with E-state index < -0.39 is 0 Å². The summed E-state index contributed by atoms with van der Waals surface area (Å²) in [6.45, 7) is 0.666. The Morgan fingerprint density at radius 3 is 2.22 bits per heavy atom. The summed E-state index contributed by atoms with van der Waals surface area (Å²) in [4.78, 5) is 19.0. The Morgan fingerprint density at radius 1 is 0.946 bits per heavy atom. The van der Waals surface area contributed by atoms with Crippen LogP contribution in [0, 0.1) is 38.5 Å². The summed E-state index contributed by atoms with van der Waals surface area (Å²) in [6, 6.07) is 11.6. The normalized spacial score (nSPS) is 28.1. The number of benzene rings is 1. The molecule has 0 atom stereocenters. The standard InChI is InChI=1S/C27H27N7O2S/c35-24-21(10-20-5-6-22(28-20)18-1-3-19(4-2-18)23-30-32-33-31-23)25(36)34(26(37)29-24)14-27-11-15-7-16(12-27)9-17(8-15)13-27/h1-6,10,15-17,28,36H,7-9,11-14H2,(H,29,35,37). The van der Waals surface area contributed by atoms with E-state index in [1.54, 1.807) is 10.6 Å². The first-order valence-electron chi connectivity index (χ1n) is 12.8. The number of nitrogens with one attached hydrogen (secondary N) is 2. The molecule has 3 N–H and O–H groups in total. The number of aromatic nitrogens is 3. The molecule has 0 unspecified atom stereocenters. The van der Waals surface area contributed by atoms with E-state index in [1.807, 2.05) is 36.4 Å². The average Bonchev–Trinajstić information content (AvgIpc) is 3.57. The van der Waals surface area contributed by atoms with Crippen molar-refractivity contribution in [2.24, 2.45) is 43.8 Å². The third-order valence-corrected chi connectivity index (χ3v) is 8.97. The zero-order valence-corrected chi connectivity index (χ0v) is 21.0. The summed E-state index contributed by atoms with van der Waals surface area (Å²) in [5.74, 6) is 2.82. The molecule has 5 aliphatic rings. The molecule has 1 aliphatic heterocycles. The fourth-order valence-electron chi connectivity index (χ4n) is 7.55. The quantitative estimate of drug-likeness (QED) is 0.456. The van der Waals surface area contributed by atoms with Gasteiger partial charge in [-0.25, -0.2) is 0 Å². The fourth-order valence-corrected chi connectivity index (χ4v) is 7.79. The van der Waals surface area contributed by atoms with Gasteiger partial charge in [-0.15, -0.1) is 10.2 Å². The highest BCUT2D eigenvalue weighted by molar-refractivity contribution is 7.71. The molecule has 9 nitrogen and oxygen atoms in total. The van der Waals surface area contributed by atoms with Crippen LogP contribution >= 0.6 is 12.2 Å². The molecule has 37 heavy (non-hydrogen) atoms. The van der Waals surface area contributed by atoms with Crippen molar-refractivity contribution >= 4 is 24.1 Å². The molecule has 0 saturated heterocycles. The summed E-state index contributed by atoms with van der Waals surface area (Å²) in [7, 11) is 0. The van der Waals surface area contributed by atoms with Crippen molar-refractivity contribution in [3.8, 4) is 5.88 Å². The van der Waals surface area contributed by atoms with E-state index in [1.165, 1.54) is 38.5 Å². The van der Waals surface area contributed by atoms with E-state index in [2.05, 4.69) is 30.6 Å².